The lowest BCUT2D eigenvalue weighted by atomic mass is 9.83. The molecule has 0 saturated carbocycles. The molecule has 202 valence electrons. The number of nitrogens with zero attached hydrogens (tertiary/aromatic N) is 2. The van der Waals surface area contributed by atoms with Crippen molar-refractivity contribution in [3.8, 4) is 0 Å². The second-order valence-corrected chi connectivity index (χ2v) is 11.1. The number of carbonyl (C=O) groups is 2. The van der Waals surface area contributed by atoms with Crippen molar-refractivity contribution in [2.75, 3.05) is 4.90 Å². The van der Waals surface area contributed by atoms with E-state index in [9.17, 15) is 14.4 Å². The smallest absolute Gasteiger partial charge is 0.291 e. The van der Waals surface area contributed by atoms with Crippen LogP contribution >= 0.6 is 23.2 Å². The monoisotopic (exact) mass is 580 g/mol. The van der Waals surface area contributed by atoms with Crippen LogP contribution in [0.4, 0.5) is 5.69 Å². The zero-order chi connectivity index (χ0) is 28.5. The Morgan fingerprint density at radius 2 is 1.41 bits per heavy atom. The minimum Gasteiger partial charge on any atom is -0.450 e. The summed E-state index contributed by atoms with van der Waals surface area (Å²) in [5.41, 5.74) is 1.47. The molecule has 5 aromatic rings. The molecule has 0 fully saturated rings. The minimum atomic E-state index is -1.76. The number of carbonyl (C=O) groups excluding carboxylic acids is 2. The lowest BCUT2D eigenvalue weighted by Gasteiger charge is -2.34. The average molecular weight is 581 g/mol. The highest BCUT2D eigenvalue weighted by Gasteiger charge is 2.65. The van der Waals surface area contributed by atoms with Crippen LogP contribution < -0.4 is 10.3 Å². The molecule has 1 unspecified atom stereocenters. The van der Waals surface area contributed by atoms with Gasteiger partial charge in [-0.25, -0.2) is 0 Å². The van der Waals surface area contributed by atoms with Gasteiger partial charge in [-0.3, -0.25) is 14.4 Å². The van der Waals surface area contributed by atoms with Crippen molar-refractivity contribution in [3.63, 3.8) is 0 Å². The molecule has 0 saturated heterocycles. The van der Waals surface area contributed by atoms with Gasteiger partial charge in [-0.1, -0.05) is 89.4 Å². The number of halogens is 2. The van der Waals surface area contributed by atoms with Gasteiger partial charge < -0.3 is 14.2 Å². The first-order chi connectivity index (χ1) is 19.8. The van der Waals surface area contributed by atoms with Gasteiger partial charge in [0.05, 0.1) is 23.2 Å². The molecule has 2 amide bonds. The maximum atomic E-state index is 14.9. The largest absolute Gasteiger partial charge is 0.450 e. The summed E-state index contributed by atoms with van der Waals surface area (Å²) in [7, 11) is 0. The van der Waals surface area contributed by atoms with Crippen LogP contribution in [0.15, 0.2) is 100 Å². The molecule has 0 aliphatic carbocycles. The van der Waals surface area contributed by atoms with Gasteiger partial charge in [0.15, 0.2) is 11.0 Å². The molecule has 3 heterocycles. The molecule has 4 aromatic carbocycles. The van der Waals surface area contributed by atoms with Crippen LogP contribution in [0, 0.1) is 6.92 Å². The van der Waals surface area contributed by atoms with Crippen LogP contribution in [-0.2, 0) is 23.4 Å². The van der Waals surface area contributed by atoms with Gasteiger partial charge in [-0.15, -0.1) is 0 Å². The summed E-state index contributed by atoms with van der Waals surface area (Å²) in [6.45, 7) is 2.01. The van der Waals surface area contributed by atoms with Gasteiger partial charge in [0.2, 0.25) is 5.76 Å². The number of amides is 2. The lowest BCUT2D eigenvalue weighted by molar-refractivity contribution is -0.126. The van der Waals surface area contributed by atoms with Gasteiger partial charge in [0, 0.05) is 22.2 Å². The van der Waals surface area contributed by atoms with E-state index in [-0.39, 0.29) is 30.0 Å². The molecule has 2 aliphatic heterocycles. The first-order valence-corrected chi connectivity index (χ1v) is 13.9. The summed E-state index contributed by atoms with van der Waals surface area (Å²) in [4.78, 5) is 46.6. The van der Waals surface area contributed by atoms with Crippen molar-refractivity contribution in [3.05, 3.63) is 145 Å². The number of benzene rings is 4. The Balaban J connectivity index is 1.53. The number of anilines is 1. The average Bonchev–Trinajstić information content (AvgIpc) is 3.36. The third-order valence-corrected chi connectivity index (χ3v) is 8.70. The molecule has 0 N–H and O–H groups in total. The van der Waals surface area contributed by atoms with Crippen LogP contribution in [0.25, 0.3) is 11.0 Å². The Morgan fingerprint density at radius 3 is 2.12 bits per heavy atom. The fourth-order valence-corrected chi connectivity index (χ4v) is 6.47. The summed E-state index contributed by atoms with van der Waals surface area (Å²) in [6, 6.07) is 26.9. The van der Waals surface area contributed by atoms with Crippen molar-refractivity contribution in [1.29, 1.82) is 0 Å². The van der Waals surface area contributed by atoms with Gasteiger partial charge >= 0.3 is 0 Å². The van der Waals surface area contributed by atoms with E-state index in [4.69, 9.17) is 27.6 Å². The molecule has 0 bridgehead atoms. The van der Waals surface area contributed by atoms with Crippen LogP contribution in [0.1, 0.15) is 38.4 Å². The summed E-state index contributed by atoms with van der Waals surface area (Å²) >= 11 is 13.1. The Kier molecular flexibility index (Phi) is 5.82. The van der Waals surface area contributed by atoms with Crippen LogP contribution in [0.3, 0.4) is 0 Å². The highest BCUT2D eigenvalue weighted by molar-refractivity contribution is 6.31. The fourth-order valence-electron chi connectivity index (χ4n) is 6.08. The Labute approximate surface area is 245 Å². The van der Waals surface area contributed by atoms with Crippen LogP contribution in [0.5, 0.6) is 0 Å². The predicted octanol–water partition coefficient (Wildman–Crippen LogP) is 6.85. The topological polar surface area (TPSA) is 70.8 Å². The maximum Gasteiger partial charge on any atom is 0.291 e. The quantitative estimate of drug-likeness (QED) is 0.233. The molecule has 2 aliphatic rings. The van der Waals surface area contributed by atoms with E-state index in [2.05, 4.69) is 0 Å². The molecule has 1 spiro atoms. The summed E-state index contributed by atoms with van der Waals surface area (Å²) < 4.78 is 6.16. The van der Waals surface area contributed by atoms with Crippen LogP contribution in [-0.4, -0.2) is 16.7 Å². The Hall–Kier alpha value is -4.39. The van der Waals surface area contributed by atoms with Crippen molar-refractivity contribution < 1.29 is 14.0 Å². The van der Waals surface area contributed by atoms with E-state index in [1.54, 1.807) is 53.4 Å². The van der Waals surface area contributed by atoms with Crippen LogP contribution in [0.2, 0.25) is 10.0 Å². The van der Waals surface area contributed by atoms with E-state index < -0.39 is 22.8 Å². The van der Waals surface area contributed by atoms with Crippen molar-refractivity contribution in [1.82, 2.24) is 4.90 Å². The van der Waals surface area contributed by atoms with E-state index in [0.29, 0.717) is 32.2 Å². The molecule has 1 atom stereocenters. The van der Waals surface area contributed by atoms with Crippen molar-refractivity contribution >= 4 is 51.7 Å². The molecule has 1 aromatic heterocycles. The second-order valence-electron chi connectivity index (χ2n) is 10.3. The summed E-state index contributed by atoms with van der Waals surface area (Å²) in [6.07, 6.45) is 0. The Bertz CT molecular complexity index is 1980. The highest BCUT2D eigenvalue weighted by atomic mass is 35.5. The first kappa shape index (κ1) is 25.6. The van der Waals surface area contributed by atoms with E-state index in [1.165, 1.54) is 4.90 Å². The molecule has 6 nitrogen and oxygen atoms in total. The zero-order valence-electron chi connectivity index (χ0n) is 21.9. The van der Waals surface area contributed by atoms with Gasteiger partial charge in [0.25, 0.3) is 11.8 Å². The third kappa shape index (κ3) is 3.61. The van der Waals surface area contributed by atoms with E-state index >= 15 is 0 Å². The minimum absolute atomic E-state index is 0.0163. The molecule has 0 radical (unpaired) electrons. The lowest BCUT2D eigenvalue weighted by Crippen LogP contribution is -2.53. The number of fused-ring (bicyclic) bond motifs is 5. The molecular formula is C33H22Cl2N2O4. The maximum absolute atomic E-state index is 14.9. The highest BCUT2D eigenvalue weighted by Crippen LogP contribution is 2.53. The van der Waals surface area contributed by atoms with E-state index in [1.807, 2.05) is 49.4 Å². The van der Waals surface area contributed by atoms with Crippen molar-refractivity contribution in [2.45, 2.75) is 25.6 Å². The molecule has 41 heavy (non-hydrogen) atoms. The third-order valence-electron chi connectivity index (χ3n) is 7.96. The molecule has 7 rings (SSSR count). The van der Waals surface area contributed by atoms with Crippen molar-refractivity contribution in [2.24, 2.45) is 0 Å². The number of para-hydroxylation sites is 1. The standard InChI is InChI=1S/C33H22Cl2N2O4/c1-19-14-15-27-22(16-19)29(38)28-30(41-27)31(39)37(18-21-9-3-6-12-25(21)35)33(28)23-10-4-7-13-26(23)36(32(33)40)17-20-8-2-5-11-24(20)34/h2-16H,17-18H2,1H3. The van der Waals surface area contributed by atoms with Gasteiger partial charge in [-0.2, -0.15) is 0 Å². The molecule has 8 heteroatoms. The fraction of sp³-hybridized carbons (Fsp3) is 0.121. The number of aryl methyl sites for hydroxylation is 1. The SMILES string of the molecule is Cc1ccc2oc3c(c(=O)c2c1)C1(C(=O)N(Cc2ccccc2Cl)c2ccccc21)N(Cc1ccccc1Cl)C3=O. The summed E-state index contributed by atoms with van der Waals surface area (Å²) in [5.74, 6) is -1.12. The predicted molar refractivity (Wildman–Crippen MR) is 158 cm³/mol. The number of rotatable bonds is 4. The summed E-state index contributed by atoms with van der Waals surface area (Å²) in [5, 5.41) is 1.26. The number of hydrogen-bond donors (Lipinski definition) is 0. The first-order valence-electron chi connectivity index (χ1n) is 13.1. The Morgan fingerprint density at radius 1 is 0.780 bits per heavy atom. The molecular weight excluding hydrogens is 559 g/mol. The zero-order valence-corrected chi connectivity index (χ0v) is 23.4. The normalized spacial score (nSPS) is 17.5. The van der Waals surface area contributed by atoms with Gasteiger partial charge in [-0.05, 0) is 48.4 Å². The van der Waals surface area contributed by atoms with Gasteiger partial charge in [0.1, 0.15) is 5.58 Å². The second kappa shape index (κ2) is 9.33. The number of hydrogen-bond acceptors (Lipinski definition) is 4. The van der Waals surface area contributed by atoms with E-state index in [0.717, 1.165) is 11.1 Å².